The number of anilines is 1. The summed E-state index contributed by atoms with van der Waals surface area (Å²) in [4.78, 5) is 13.7. The van der Waals surface area contributed by atoms with Gasteiger partial charge in [0.1, 0.15) is 5.56 Å². The van der Waals surface area contributed by atoms with Gasteiger partial charge in [-0.1, -0.05) is 0 Å². The molecule has 0 amide bonds. The lowest BCUT2D eigenvalue weighted by Crippen LogP contribution is -2.43. The van der Waals surface area contributed by atoms with E-state index in [1.807, 2.05) is 0 Å². The highest BCUT2D eigenvalue weighted by molar-refractivity contribution is 5.94. The number of aromatic carboxylic acids is 1. The monoisotopic (exact) mass is 278 g/mol. The van der Waals surface area contributed by atoms with Gasteiger partial charge >= 0.3 is 5.97 Å². The Balaban J connectivity index is 2.22. The van der Waals surface area contributed by atoms with E-state index in [-0.39, 0.29) is 11.6 Å². The van der Waals surface area contributed by atoms with Crippen molar-refractivity contribution in [3.8, 4) is 0 Å². The molecule has 2 unspecified atom stereocenters. The van der Waals surface area contributed by atoms with E-state index in [2.05, 4.69) is 34.4 Å². The Bertz CT molecular complexity index is 518. The van der Waals surface area contributed by atoms with Gasteiger partial charge < -0.3 is 15.3 Å². The van der Waals surface area contributed by atoms with E-state index in [4.69, 9.17) is 0 Å². The number of carboxylic acid groups (broad SMARTS) is 1. The molecule has 0 aliphatic carbocycles. The molecule has 1 aromatic rings. The van der Waals surface area contributed by atoms with E-state index < -0.39 is 5.97 Å². The maximum atomic E-state index is 11.4. The lowest BCUT2D eigenvalue weighted by atomic mass is 9.98. The van der Waals surface area contributed by atoms with Crippen LogP contribution in [0.5, 0.6) is 0 Å². The lowest BCUT2D eigenvalue weighted by molar-refractivity contribution is 0.0696. The number of nitrogens with one attached hydrogen (secondary N) is 1. The number of likely N-dealkylation sites (tertiary alicyclic amines) is 1. The van der Waals surface area contributed by atoms with E-state index in [1.165, 1.54) is 0 Å². The van der Waals surface area contributed by atoms with Gasteiger partial charge in [0.15, 0.2) is 5.82 Å². The zero-order valence-electron chi connectivity index (χ0n) is 12.5. The van der Waals surface area contributed by atoms with E-state index in [0.717, 1.165) is 19.4 Å². The summed E-state index contributed by atoms with van der Waals surface area (Å²) in [7, 11) is 2.11. The molecule has 1 aromatic heterocycles. The molecule has 2 rings (SSSR count). The molecule has 0 spiro atoms. The number of carboxylic acids is 1. The molecule has 1 fully saturated rings. The highest BCUT2D eigenvalue weighted by Crippen LogP contribution is 2.23. The molecule has 20 heavy (non-hydrogen) atoms. The van der Waals surface area contributed by atoms with Gasteiger partial charge in [0.2, 0.25) is 0 Å². The average Bonchev–Trinajstić information content (AvgIpc) is 2.38. The van der Waals surface area contributed by atoms with Crippen LogP contribution in [-0.2, 0) is 0 Å². The topological polar surface area (TPSA) is 78.4 Å². The predicted molar refractivity (Wildman–Crippen MR) is 77.2 cm³/mol. The molecular weight excluding hydrogens is 256 g/mol. The molecule has 1 saturated heterocycles. The maximum Gasteiger partial charge on any atom is 0.339 e. The first-order chi connectivity index (χ1) is 9.40. The van der Waals surface area contributed by atoms with Gasteiger partial charge in [0, 0.05) is 18.6 Å². The van der Waals surface area contributed by atoms with E-state index >= 15 is 0 Å². The van der Waals surface area contributed by atoms with Crippen molar-refractivity contribution < 1.29 is 9.90 Å². The number of aryl methyl sites for hydroxylation is 1. The second-order valence-electron chi connectivity index (χ2n) is 5.63. The predicted octanol–water partition coefficient (Wildman–Crippen LogP) is 1.69. The molecule has 2 N–H and O–H groups in total. The molecule has 1 aliphatic heterocycles. The van der Waals surface area contributed by atoms with Gasteiger partial charge in [-0.15, -0.1) is 5.10 Å². The van der Waals surface area contributed by atoms with Gasteiger partial charge in [-0.2, -0.15) is 5.10 Å². The number of hydrogen-bond acceptors (Lipinski definition) is 5. The largest absolute Gasteiger partial charge is 0.478 e. The molecule has 1 aliphatic rings. The smallest absolute Gasteiger partial charge is 0.339 e. The Labute approximate surface area is 119 Å². The van der Waals surface area contributed by atoms with Crippen LogP contribution in [0.25, 0.3) is 0 Å². The van der Waals surface area contributed by atoms with Crippen molar-refractivity contribution >= 4 is 11.8 Å². The fourth-order valence-corrected chi connectivity index (χ4v) is 2.59. The Hall–Kier alpha value is -1.69. The highest BCUT2D eigenvalue weighted by Gasteiger charge is 2.25. The average molecular weight is 278 g/mol. The Morgan fingerprint density at radius 2 is 2.10 bits per heavy atom. The number of carbonyl (C=O) groups is 1. The molecule has 6 heteroatoms. The standard InChI is InChI=1S/C14H22N4O2/c1-8-7-11(5-6-18(8)4)15-13-12(14(19)20)9(2)10(3)16-17-13/h8,11H,5-7H2,1-4H3,(H,15,17)(H,19,20). The molecule has 2 atom stereocenters. The van der Waals surface area contributed by atoms with E-state index in [1.54, 1.807) is 13.8 Å². The van der Waals surface area contributed by atoms with Crippen molar-refractivity contribution in [3.63, 3.8) is 0 Å². The van der Waals surface area contributed by atoms with Crippen LogP contribution in [0.4, 0.5) is 5.82 Å². The van der Waals surface area contributed by atoms with Gasteiger partial charge in [-0.3, -0.25) is 0 Å². The second kappa shape index (κ2) is 5.75. The number of hydrogen-bond donors (Lipinski definition) is 2. The third-order valence-corrected chi connectivity index (χ3v) is 4.22. The van der Waals surface area contributed by atoms with Crippen LogP contribution in [0, 0.1) is 13.8 Å². The summed E-state index contributed by atoms with van der Waals surface area (Å²) in [5.74, 6) is -0.564. The van der Waals surface area contributed by atoms with Crippen LogP contribution < -0.4 is 5.32 Å². The van der Waals surface area contributed by atoms with Crippen molar-refractivity contribution in [2.45, 2.75) is 45.7 Å². The summed E-state index contributed by atoms with van der Waals surface area (Å²) < 4.78 is 0. The Kier molecular flexibility index (Phi) is 4.23. The van der Waals surface area contributed by atoms with Crippen molar-refractivity contribution in [1.29, 1.82) is 0 Å². The minimum atomic E-state index is -0.955. The number of piperidine rings is 1. The third kappa shape index (κ3) is 2.90. The number of nitrogens with zero attached hydrogens (tertiary/aromatic N) is 3. The normalized spacial score (nSPS) is 23.6. The number of aromatic nitrogens is 2. The van der Waals surface area contributed by atoms with E-state index in [9.17, 15) is 9.90 Å². The van der Waals surface area contributed by atoms with E-state index in [0.29, 0.717) is 23.1 Å². The fourth-order valence-electron chi connectivity index (χ4n) is 2.59. The summed E-state index contributed by atoms with van der Waals surface area (Å²) in [6.07, 6.45) is 1.96. The summed E-state index contributed by atoms with van der Waals surface area (Å²) in [6.45, 7) is 6.73. The van der Waals surface area contributed by atoms with Gasteiger partial charge in [0.25, 0.3) is 0 Å². The number of rotatable bonds is 3. The Morgan fingerprint density at radius 3 is 2.70 bits per heavy atom. The fraction of sp³-hybridized carbons (Fsp3) is 0.643. The van der Waals surface area contributed by atoms with Crippen LogP contribution in [0.15, 0.2) is 0 Å². The third-order valence-electron chi connectivity index (χ3n) is 4.22. The summed E-state index contributed by atoms with van der Waals surface area (Å²) in [6, 6.07) is 0.727. The molecule has 110 valence electrons. The van der Waals surface area contributed by atoms with Crippen molar-refractivity contribution in [3.05, 3.63) is 16.8 Å². The molecule has 0 radical (unpaired) electrons. The van der Waals surface area contributed by atoms with Crippen molar-refractivity contribution in [2.24, 2.45) is 0 Å². The summed E-state index contributed by atoms with van der Waals surface area (Å²) >= 11 is 0. The van der Waals surface area contributed by atoms with Gasteiger partial charge in [-0.25, -0.2) is 4.79 Å². The first-order valence-corrected chi connectivity index (χ1v) is 6.94. The minimum absolute atomic E-state index is 0.240. The van der Waals surface area contributed by atoms with Crippen LogP contribution in [0.2, 0.25) is 0 Å². The highest BCUT2D eigenvalue weighted by atomic mass is 16.4. The van der Waals surface area contributed by atoms with Crippen LogP contribution in [-0.4, -0.2) is 51.8 Å². The SMILES string of the molecule is Cc1nnc(NC2CCN(C)C(C)C2)c(C(=O)O)c1C. The molecule has 0 bridgehead atoms. The molecular formula is C14H22N4O2. The quantitative estimate of drug-likeness (QED) is 0.876. The van der Waals surface area contributed by atoms with Crippen molar-refractivity contribution in [1.82, 2.24) is 15.1 Å². The lowest BCUT2D eigenvalue weighted by Gasteiger charge is -2.35. The molecule has 6 nitrogen and oxygen atoms in total. The zero-order chi connectivity index (χ0) is 14.9. The maximum absolute atomic E-state index is 11.4. The van der Waals surface area contributed by atoms with Gasteiger partial charge in [-0.05, 0) is 46.2 Å². The van der Waals surface area contributed by atoms with Crippen LogP contribution in [0.1, 0.15) is 41.4 Å². The summed E-state index contributed by atoms with van der Waals surface area (Å²) in [5, 5.41) is 20.7. The van der Waals surface area contributed by atoms with Crippen molar-refractivity contribution in [2.75, 3.05) is 18.9 Å². The Morgan fingerprint density at radius 1 is 1.40 bits per heavy atom. The van der Waals surface area contributed by atoms with Gasteiger partial charge in [0.05, 0.1) is 5.69 Å². The second-order valence-corrected chi connectivity index (χ2v) is 5.63. The van der Waals surface area contributed by atoms with Crippen LogP contribution in [0.3, 0.4) is 0 Å². The summed E-state index contributed by atoms with van der Waals surface area (Å²) in [5.41, 5.74) is 1.57. The molecule has 2 heterocycles. The minimum Gasteiger partial charge on any atom is -0.478 e. The first-order valence-electron chi connectivity index (χ1n) is 6.94. The van der Waals surface area contributed by atoms with Crippen LogP contribution >= 0.6 is 0 Å². The zero-order valence-corrected chi connectivity index (χ0v) is 12.5. The first kappa shape index (κ1) is 14.7. The molecule has 0 aromatic carbocycles. The molecule has 0 saturated carbocycles.